The molecule has 4 nitrogen and oxygen atoms in total. The predicted molar refractivity (Wildman–Crippen MR) is 83.6 cm³/mol. The normalized spacial score (nSPS) is 10.3. The molecule has 0 unspecified atom stereocenters. The molecule has 2 aromatic rings. The summed E-state index contributed by atoms with van der Waals surface area (Å²) >= 11 is 4.62. The number of nitrogens with one attached hydrogen (secondary N) is 1. The van der Waals surface area contributed by atoms with Crippen molar-refractivity contribution in [2.45, 2.75) is 11.9 Å². The molecule has 104 valence electrons. The lowest BCUT2D eigenvalue weighted by molar-refractivity contribution is -0.645. The van der Waals surface area contributed by atoms with E-state index in [1.165, 1.54) is 18.0 Å². The molecule has 1 N–H and O–H groups in total. The van der Waals surface area contributed by atoms with Gasteiger partial charge in [0.05, 0.1) is 5.75 Å². The third kappa shape index (κ3) is 3.98. The van der Waals surface area contributed by atoms with E-state index in [1.807, 2.05) is 25.1 Å². The van der Waals surface area contributed by atoms with Crippen LogP contribution in [0.3, 0.4) is 0 Å². The first-order chi connectivity index (χ1) is 9.56. The van der Waals surface area contributed by atoms with Crippen LogP contribution in [0.2, 0.25) is 0 Å². The van der Waals surface area contributed by atoms with Crippen LogP contribution in [-0.4, -0.2) is 11.7 Å². The largest absolute Gasteiger partial charge is 0.618 e. The molecule has 1 aromatic carbocycles. The number of amides is 1. The van der Waals surface area contributed by atoms with Crippen LogP contribution in [0.4, 0.5) is 5.69 Å². The highest BCUT2D eigenvalue weighted by atomic mass is 79.9. The van der Waals surface area contributed by atoms with E-state index in [4.69, 9.17) is 0 Å². The Morgan fingerprint density at radius 3 is 2.90 bits per heavy atom. The quantitative estimate of drug-likeness (QED) is 0.522. The van der Waals surface area contributed by atoms with Crippen molar-refractivity contribution in [2.24, 2.45) is 0 Å². The number of halogens is 1. The Bertz CT molecular complexity index is 634. The van der Waals surface area contributed by atoms with E-state index < -0.39 is 0 Å². The van der Waals surface area contributed by atoms with Crippen LogP contribution >= 0.6 is 27.7 Å². The molecular formula is C14H13BrN2O2S. The molecular weight excluding hydrogens is 340 g/mol. The van der Waals surface area contributed by atoms with Gasteiger partial charge in [0.15, 0.2) is 6.20 Å². The second-order valence-corrected chi connectivity index (χ2v) is 6.02. The molecule has 0 atom stereocenters. The first-order valence-corrected chi connectivity index (χ1v) is 7.71. The van der Waals surface area contributed by atoms with Crippen molar-refractivity contribution in [1.29, 1.82) is 0 Å². The van der Waals surface area contributed by atoms with E-state index in [2.05, 4.69) is 21.2 Å². The number of hydrogen-bond donors (Lipinski definition) is 1. The lowest BCUT2D eigenvalue weighted by Crippen LogP contribution is -2.28. The van der Waals surface area contributed by atoms with Crippen molar-refractivity contribution >= 4 is 39.3 Å². The minimum Gasteiger partial charge on any atom is -0.618 e. The van der Waals surface area contributed by atoms with Gasteiger partial charge >= 0.3 is 0 Å². The number of carbonyl (C=O) groups is 1. The van der Waals surface area contributed by atoms with Gasteiger partial charge in [0.2, 0.25) is 5.91 Å². The number of benzene rings is 1. The average Bonchev–Trinajstić information content (AvgIpc) is 2.42. The number of aryl methyl sites for hydroxylation is 1. The second kappa shape index (κ2) is 6.76. The highest BCUT2D eigenvalue weighted by Gasteiger charge is 2.09. The van der Waals surface area contributed by atoms with Gasteiger partial charge in [0.1, 0.15) is 0 Å². The van der Waals surface area contributed by atoms with Crippen LogP contribution in [-0.2, 0) is 4.79 Å². The van der Waals surface area contributed by atoms with Crippen LogP contribution in [0, 0.1) is 12.1 Å². The Morgan fingerprint density at radius 2 is 2.20 bits per heavy atom. The number of pyridine rings is 1. The molecule has 0 aliphatic carbocycles. The summed E-state index contributed by atoms with van der Waals surface area (Å²) < 4.78 is 1.75. The van der Waals surface area contributed by atoms with Crippen LogP contribution in [0.25, 0.3) is 0 Å². The molecule has 0 aliphatic heterocycles. The maximum absolute atomic E-state index is 11.8. The number of hydrogen-bond acceptors (Lipinski definition) is 3. The number of thioether (sulfide) groups is 1. The Morgan fingerprint density at radius 1 is 1.40 bits per heavy atom. The summed E-state index contributed by atoms with van der Waals surface area (Å²) in [6.45, 7) is 1.96. The molecule has 0 bridgehead atoms. The van der Waals surface area contributed by atoms with Gasteiger partial charge in [0, 0.05) is 22.3 Å². The van der Waals surface area contributed by atoms with Crippen molar-refractivity contribution < 1.29 is 9.52 Å². The van der Waals surface area contributed by atoms with Crippen molar-refractivity contribution in [3.8, 4) is 0 Å². The first kappa shape index (κ1) is 14.9. The number of carbonyl (C=O) groups excluding carboxylic acids is 1. The van der Waals surface area contributed by atoms with Gasteiger partial charge in [0.25, 0.3) is 5.03 Å². The number of anilines is 1. The third-order valence-corrected chi connectivity index (χ3v) is 4.49. The summed E-state index contributed by atoms with van der Waals surface area (Å²) in [5, 5.41) is 14.7. The van der Waals surface area contributed by atoms with Gasteiger partial charge < -0.3 is 10.5 Å². The second-order valence-electron chi connectivity index (χ2n) is 4.17. The molecule has 0 radical (unpaired) electrons. The molecule has 6 heteroatoms. The van der Waals surface area contributed by atoms with Gasteiger partial charge in [-0.3, -0.25) is 4.79 Å². The minimum absolute atomic E-state index is 0.138. The maximum Gasteiger partial charge on any atom is 0.251 e. The summed E-state index contributed by atoms with van der Waals surface area (Å²) in [7, 11) is 0. The Balaban J connectivity index is 1.93. The zero-order valence-corrected chi connectivity index (χ0v) is 13.2. The molecule has 0 saturated heterocycles. The Kier molecular flexibility index (Phi) is 5.03. The Labute approximate surface area is 129 Å². The molecule has 20 heavy (non-hydrogen) atoms. The standard InChI is InChI=1S/C14H13BrN2O2S/c1-10-8-11(5-6-12(10)15)16-13(18)9-20-14-4-2-3-7-17(14)19/h2-8H,9H2,1H3,(H,16,18). The van der Waals surface area contributed by atoms with Gasteiger partial charge in [-0.05, 0) is 48.5 Å². The summed E-state index contributed by atoms with van der Waals surface area (Å²) in [4.78, 5) is 11.8. The van der Waals surface area contributed by atoms with Gasteiger partial charge in [-0.25, -0.2) is 0 Å². The fourth-order valence-corrected chi connectivity index (χ4v) is 2.54. The predicted octanol–water partition coefficient (Wildman–Crippen LogP) is 3.12. The van der Waals surface area contributed by atoms with E-state index in [0.29, 0.717) is 5.03 Å². The van der Waals surface area contributed by atoms with Crippen molar-refractivity contribution in [1.82, 2.24) is 0 Å². The minimum atomic E-state index is -0.138. The number of aromatic nitrogens is 1. The summed E-state index contributed by atoms with van der Waals surface area (Å²) in [6.07, 6.45) is 1.42. The van der Waals surface area contributed by atoms with Crippen LogP contribution in [0.5, 0.6) is 0 Å². The summed E-state index contributed by atoms with van der Waals surface area (Å²) in [5.41, 5.74) is 1.80. The first-order valence-electron chi connectivity index (χ1n) is 5.93. The number of nitrogens with zero attached hydrogens (tertiary/aromatic N) is 1. The molecule has 1 amide bonds. The van der Waals surface area contributed by atoms with Crippen LogP contribution in [0.1, 0.15) is 5.56 Å². The molecule has 0 aliphatic rings. The van der Waals surface area contributed by atoms with Crippen molar-refractivity contribution in [2.75, 3.05) is 11.1 Å². The van der Waals surface area contributed by atoms with Crippen LogP contribution in [0.15, 0.2) is 52.1 Å². The van der Waals surface area contributed by atoms with Crippen LogP contribution < -0.4 is 10.0 Å². The smallest absolute Gasteiger partial charge is 0.251 e. The zero-order chi connectivity index (χ0) is 14.5. The average molecular weight is 353 g/mol. The summed E-state index contributed by atoms with van der Waals surface area (Å²) in [6, 6.07) is 10.7. The molecule has 2 rings (SSSR count). The fourth-order valence-electron chi connectivity index (χ4n) is 1.58. The monoisotopic (exact) mass is 352 g/mol. The molecule has 0 fully saturated rings. The van der Waals surface area contributed by atoms with Crippen molar-refractivity contribution in [3.63, 3.8) is 0 Å². The highest BCUT2D eigenvalue weighted by Crippen LogP contribution is 2.20. The van der Waals surface area contributed by atoms with E-state index in [1.54, 1.807) is 18.2 Å². The summed E-state index contributed by atoms with van der Waals surface area (Å²) in [5.74, 6) is 0.0574. The zero-order valence-electron chi connectivity index (χ0n) is 10.8. The fraction of sp³-hybridized carbons (Fsp3) is 0.143. The number of rotatable bonds is 4. The molecule has 0 spiro atoms. The highest BCUT2D eigenvalue weighted by molar-refractivity contribution is 9.10. The topological polar surface area (TPSA) is 56.0 Å². The van der Waals surface area contributed by atoms with E-state index in [-0.39, 0.29) is 11.7 Å². The molecule has 1 heterocycles. The third-order valence-electron chi connectivity index (χ3n) is 2.58. The molecule has 1 aromatic heterocycles. The Hall–Kier alpha value is -1.53. The van der Waals surface area contributed by atoms with E-state index in [0.717, 1.165) is 20.5 Å². The maximum atomic E-state index is 11.8. The van der Waals surface area contributed by atoms with Gasteiger partial charge in [-0.15, -0.1) is 0 Å². The van der Waals surface area contributed by atoms with Gasteiger partial charge in [-0.1, -0.05) is 15.9 Å². The SMILES string of the molecule is Cc1cc(NC(=O)CSc2cccc[n+]2[O-])ccc1Br. The van der Waals surface area contributed by atoms with Crippen molar-refractivity contribution in [3.05, 3.63) is 57.8 Å². The molecule has 0 saturated carbocycles. The lowest BCUT2D eigenvalue weighted by atomic mass is 10.2. The van der Waals surface area contributed by atoms with E-state index in [9.17, 15) is 10.0 Å². The van der Waals surface area contributed by atoms with Gasteiger partial charge in [-0.2, -0.15) is 4.73 Å². The van der Waals surface area contributed by atoms with E-state index >= 15 is 0 Å². The lowest BCUT2D eigenvalue weighted by Gasteiger charge is -2.07.